The van der Waals surface area contributed by atoms with E-state index >= 15 is 0 Å². The molecule has 0 atom stereocenters. The fraction of sp³-hybridized carbons (Fsp3) is 0.300. The molecule has 0 unspecified atom stereocenters. The molecular weight excluding hydrogens is 362 g/mol. The Labute approximate surface area is 160 Å². The summed E-state index contributed by atoms with van der Waals surface area (Å²) in [5, 5.41) is 11.9. The van der Waals surface area contributed by atoms with Gasteiger partial charge in [-0.05, 0) is 50.1 Å². The summed E-state index contributed by atoms with van der Waals surface area (Å²) in [5.41, 5.74) is 4.51. The van der Waals surface area contributed by atoms with E-state index in [0.717, 1.165) is 32.9 Å². The predicted octanol–water partition coefficient (Wildman–Crippen LogP) is 3.28. The third-order valence-electron chi connectivity index (χ3n) is 4.15. The lowest BCUT2D eigenvalue weighted by Gasteiger charge is -2.22. The number of benzene rings is 2. The third kappa shape index (κ3) is 5.31. The van der Waals surface area contributed by atoms with Crippen LogP contribution in [0, 0.1) is 32.1 Å². The molecule has 0 heterocycles. The average Bonchev–Trinajstić information content (AvgIpc) is 2.57. The number of aryl methyl sites for hydroxylation is 3. The molecule has 0 radical (unpaired) electrons. The smallest absolute Gasteiger partial charge is 0.232 e. The zero-order chi connectivity index (χ0) is 20.2. The molecule has 0 spiro atoms. The minimum absolute atomic E-state index is 0.00337. The molecule has 0 saturated heterocycles. The van der Waals surface area contributed by atoms with Gasteiger partial charge in [0.05, 0.1) is 23.6 Å². The van der Waals surface area contributed by atoms with Crippen LogP contribution in [0.1, 0.15) is 28.7 Å². The Morgan fingerprint density at radius 2 is 1.78 bits per heavy atom. The maximum Gasteiger partial charge on any atom is 0.232 e. The van der Waals surface area contributed by atoms with E-state index in [4.69, 9.17) is 5.26 Å². The van der Waals surface area contributed by atoms with Gasteiger partial charge in [-0.3, -0.25) is 9.10 Å². The highest BCUT2D eigenvalue weighted by Gasteiger charge is 2.19. The zero-order valence-electron chi connectivity index (χ0n) is 15.9. The van der Waals surface area contributed by atoms with Crippen LogP contribution >= 0.6 is 0 Å². The number of amides is 1. The van der Waals surface area contributed by atoms with E-state index in [0.29, 0.717) is 11.3 Å². The molecule has 0 saturated carbocycles. The van der Waals surface area contributed by atoms with Crippen molar-refractivity contribution in [3.05, 3.63) is 58.7 Å². The van der Waals surface area contributed by atoms with E-state index in [-0.39, 0.29) is 18.9 Å². The van der Waals surface area contributed by atoms with Crippen LogP contribution in [-0.2, 0) is 14.8 Å². The number of rotatable bonds is 6. The van der Waals surface area contributed by atoms with Gasteiger partial charge in [0.15, 0.2) is 0 Å². The van der Waals surface area contributed by atoms with Crippen LogP contribution in [0.5, 0.6) is 0 Å². The number of sulfonamides is 1. The van der Waals surface area contributed by atoms with Crippen LogP contribution in [-0.4, -0.2) is 27.1 Å². The second kappa shape index (κ2) is 8.23. The highest BCUT2D eigenvalue weighted by molar-refractivity contribution is 7.92. The Morgan fingerprint density at radius 1 is 1.15 bits per heavy atom. The van der Waals surface area contributed by atoms with Crippen molar-refractivity contribution in [1.82, 2.24) is 0 Å². The summed E-state index contributed by atoms with van der Waals surface area (Å²) in [6, 6.07) is 12.3. The molecule has 6 nitrogen and oxygen atoms in total. The van der Waals surface area contributed by atoms with E-state index in [2.05, 4.69) is 5.32 Å². The van der Waals surface area contributed by atoms with Crippen molar-refractivity contribution in [1.29, 1.82) is 5.26 Å². The predicted molar refractivity (Wildman–Crippen MR) is 107 cm³/mol. The lowest BCUT2D eigenvalue weighted by atomic mass is 10.1. The molecule has 1 N–H and O–H groups in total. The first-order valence-corrected chi connectivity index (χ1v) is 10.3. The number of hydrogen-bond donors (Lipinski definition) is 1. The van der Waals surface area contributed by atoms with Crippen LogP contribution in [0.3, 0.4) is 0 Å². The topological polar surface area (TPSA) is 90.3 Å². The lowest BCUT2D eigenvalue weighted by Crippen LogP contribution is -2.33. The summed E-state index contributed by atoms with van der Waals surface area (Å²) in [7, 11) is -3.59. The molecule has 0 bridgehead atoms. The van der Waals surface area contributed by atoms with Crippen molar-refractivity contribution < 1.29 is 13.2 Å². The van der Waals surface area contributed by atoms with Gasteiger partial charge < -0.3 is 5.32 Å². The molecule has 0 aliphatic rings. The maximum absolute atomic E-state index is 12.4. The molecule has 2 aromatic rings. The van der Waals surface area contributed by atoms with E-state index < -0.39 is 10.0 Å². The normalized spacial score (nSPS) is 10.9. The fourth-order valence-electron chi connectivity index (χ4n) is 3.00. The summed E-state index contributed by atoms with van der Waals surface area (Å²) in [5.74, 6) is -0.268. The minimum Gasteiger partial charge on any atom is -0.326 e. The van der Waals surface area contributed by atoms with Crippen LogP contribution in [0.25, 0.3) is 0 Å². The van der Waals surface area contributed by atoms with E-state index in [1.165, 1.54) is 6.07 Å². The first-order valence-electron chi connectivity index (χ1n) is 8.47. The molecule has 0 fully saturated rings. The van der Waals surface area contributed by atoms with E-state index in [9.17, 15) is 13.2 Å². The van der Waals surface area contributed by atoms with Gasteiger partial charge in [0.2, 0.25) is 15.9 Å². The summed E-state index contributed by atoms with van der Waals surface area (Å²) in [6.07, 6.45) is 1.08. The molecule has 0 aliphatic carbocycles. The largest absolute Gasteiger partial charge is 0.326 e. The molecular formula is C20H23N3O3S. The molecule has 2 rings (SSSR count). The number of nitriles is 1. The maximum atomic E-state index is 12.4. The highest BCUT2D eigenvalue weighted by Crippen LogP contribution is 2.23. The number of nitrogens with zero attached hydrogens (tertiary/aromatic N) is 2. The van der Waals surface area contributed by atoms with Gasteiger partial charge in [-0.25, -0.2) is 8.42 Å². The molecule has 1 amide bonds. The third-order valence-corrected chi connectivity index (χ3v) is 5.34. The SMILES string of the molecule is Cc1cc(C)c(NC(=O)CCN(c2cccc(C#N)c2)S(C)(=O)=O)c(C)c1. The van der Waals surface area contributed by atoms with Gasteiger partial charge in [0.1, 0.15) is 0 Å². The highest BCUT2D eigenvalue weighted by atomic mass is 32.2. The molecule has 142 valence electrons. The first kappa shape index (κ1) is 20.5. The summed E-state index contributed by atoms with van der Waals surface area (Å²) >= 11 is 0. The molecule has 7 heteroatoms. The van der Waals surface area contributed by atoms with Crippen molar-refractivity contribution in [3.63, 3.8) is 0 Å². The molecule has 27 heavy (non-hydrogen) atoms. The van der Waals surface area contributed by atoms with Gasteiger partial charge in [0.25, 0.3) is 0 Å². The Hall–Kier alpha value is -2.85. The summed E-state index contributed by atoms with van der Waals surface area (Å²) in [6.45, 7) is 5.83. The number of carbonyl (C=O) groups is 1. The molecule has 0 aromatic heterocycles. The van der Waals surface area contributed by atoms with Crippen molar-refractivity contribution in [2.45, 2.75) is 27.2 Å². The van der Waals surface area contributed by atoms with Crippen molar-refractivity contribution >= 4 is 27.3 Å². The second-order valence-corrected chi connectivity index (χ2v) is 8.48. The van der Waals surface area contributed by atoms with Gasteiger partial charge in [0, 0.05) is 18.7 Å². The lowest BCUT2D eigenvalue weighted by molar-refractivity contribution is -0.116. The monoisotopic (exact) mass is 385 g/mol. The minimum atomic E-state index is -3.59. The average molecular weight is 385 g/mol. The summed E-state index contributed by atoms with van der Waals surface area (Å²) in [4.78, 5) is 12.4. The standard InChI is InChI=1S/C20H23N3O3S/c1-14-10-15(2)20(16(3)11-14)22-19(24)8-9-23(27(4,25)26)18-7-5-6-17(12-18)13-21/h5-7,10-12H,8-9H2,1-4H3,(H,22,24). The van der Waals surface area contributed by atoms with Crippen molar-refractivity contribution in [3.8, 4) is 6.07 Å². The van der Waals surface area contributed by atoms with Gasteiger partial charge in [-0.15, -0.1) is 0 Å². The van der Waals surface area contributed by atoms with Crippen LogP contribution in [0.2, 0.25) is 0 Å². The van der Waals surface area contributed by atoms with Crippen molar-refractivity contribution in [2.24, 2.45) is 0 Å². The van der Waals surface area contributed by atoms with Crippen molar-refractivity contribution in [2.75, 3.05) is 22.4 Å². The molecule has 2 aromatic carbocycles. The van der Waals surface area contributed by atoms with Crippen LogP contribution in [0.15, 0.2) is 36.4 Å². The Kier molecular flexibility index (Phi) is 6.24. The Balaban J connectivity index is 2.16. The van der Waals surface area contributed by atoms with Crippen LogP contribution in [0.4, 0.5) is 11.4 Å². The number of carbonyl (C=O) groups excluding carboxylic acids is 1. The summed E-state index contributed by atoms with van der Waals surface area (Å²) < 4.78 is 25.5. The van der Waals surface area contributed by atoms with E-state index in [1.54, 1.807) is 18.2 Å². The van der Waals surface area contributed by atoms with E-state index in [1.807, 2.05) is 39.0 Å². The Morgan fingerprint density at radius 3 is 2.33 bits per heavy atom. The number of nitrogens with one attached hydrogen (secondary N) is 1. The van der Waals surface area contributed by atoms with Gasteiger partial charge >= 0.3 is 0 Å². The fourth-order valence-corrected chi connectivity index (χ4v) is 3.92. The zero-order valence-corrected chi connectivity index (χ0v) is 16.7. The first-order chi connectivity index (χ1) is 12.6. The quantitative estimate of drug-likeness (QED) is 0.826. The Bertz CT molecular complexity index is 984. The van der Waals surface area contributed by atoms with Gasteiger partial charge in [-0.2, -0.15) is 5.26 Å². The van der Waals surface area contributed by atoms with Gasteiger partial charge in [-0.1, -0.05) is 23.8 Å². The number of hydrogen-bond acceptors (Lipinski definition) is 4. The number of anilines is 2. The molecule has 0 aliphatic heterocycles. The second-order valence-electron chi connectivity index (χ2n) is 6.57. The van der Waals surface area contributed by atoms with Crippen LogP contribution < -0.4 is 9.62 Å².